The molecule has 0 atom stereocenters. The first-order valence-corrected chi connectivity index (χ1v) is 20.4. The molecule has 8 aromatic carbocycles. The summed E-state index contributed by atoms with van der Waals surface area (Å²) in [7, 11) is 0. The molecule has 12 rings (SSSR count). The number of imidazole rings is 1. The van der Waals surface area contributed by atoms with Crippen molar-refractivity contribution in [3.05, 3.63) is 206 Å². The standard InChI is InChI=1S/C55H34N6/c1-4-16-36(17-5-1)51-49(35-28-30-39(31-29-35)54-59-52(37-18-6-2-7-19-37)58-53(60-54)38-20-8-3-9-21-38)57-55-48-44-26-14-15-27-47(44)56-50(45(48)32-33-61(51)55)46-34-40-22-10-11-23-41(40)42-24-12-13-25-43(42)46/h1-34H. The number of aromatic nitrogens is 6. The van der Waals surface area contributed by atoms with Crippen LogP contribution in [-0.2, 0) is 0 Å². The SMILES string of the molecule is c1ccc(-c2nc(-c3ccccc3)nc(-c3ccc(-c4nc5c6c(ccn5c4-c4ccccc4)c(-c4cc5ccccc5c5ccccc45)nc4ccccc46)cc3)n2)cc1. The summed E-state index contributed by atoms with van der Waals surface area (Å²) in [6, 6.07) is 69.3. The Labute approximate surface area is 351 Å². The van der Waals surface area contributed by atoms with Gasteiger partial charge in [0.2, 0.25) is 0 Å². The number of pyridine rings is 2. The Morgan fingerprint density at radius 1 is 0.328 bits per heavy atom. The van der Waals surface area contributed by atoms with Crippen molar-refractivity contribution in [1.82, 2.24) is 29.3 Å². The van der Waals surface area contributed by atoms with Gasteiger partial charge in [0, 0.05) is 55.7 Å². The van der Waals surface area contributed by atoms with E-state index in [0.717, 1.165) is 77.8 Å². The highest BCUT2D eigenvalue weighted by molar-refractivity contribution is 6.21. The third kappa shape index (κ3) is 5.84. The number of hydrogen-bond acceptors (Lipinski definition) is 5. The number of fused-ring (bicyclic) bond motifs is 8. The lowest BCUT2D eigenvalue weighted by Crippen LogP contribution is -2.00. The van der Waals surface area contributed by atoms with Gasteiger partial charge in [-0.05, 0) is 39.7 Å². The van der Waals surface area contributed by atoms with E-state index in [1.165, 1.54) is 21.5 Å². The van der Waals surface area contributed by atoms with Crippen molar-refractivity contribution >= 4 is 48.9 Å². The summed E-state index contributed by atoms with van der Waals surface area (Å²) in [5.41, 5.74) is 10.6. The monoisotopic (exact) mass is 778 g/mol. The quantitative estimate of drug-likeness (QED) is 0.157. The molecule has 6 heteroatoms. The Hall–Kier alpha value is -8.35. The van der Waals surface area contributed by atoms with Gasteiger partial charge in [-0.2, -0.15) is 0 Å². The van der Waals surface area contributed by atoms with Crippen molar-refractivity contribution in [1.29, 1.82) is 0 Å². The van der Waals surface area contributed by atoms with E-state index in [-0.39, 0.29) is 0 Å². The van der Waals surface area contributed by atoms with Gasteiger partial charge in [0.25, 0.3) is 0 Å². The van der Waals surface area contributed by atoms with Crippen molar-refractivity contribution in [3.8, 4) is 67.9 Å². The molecule has 0 unspecified atom stereocenters. The molecule has 0 N–H and O–H groups in total. The average Bonchev–Trinajstić information content (AvgIpc) is 3.74. The van der Waals surface area contributed by atoms with E-state index in [2.05, 4.69) is 150 Å². The lowest BCUT2D eigenvalue weighted by Gasteiger charge is -2.15. The maximum atomic E-state index is 5.59. The van der Waals surface area contributed by atoms with Gasteiger partial charge in [-0.15, -0.1) is 0 Å². The number of para-hydroxylation sites is 1. The van der Waals surface area contributed by atoms with Crippen molar-refractivity contribution in [3.63, 3.8) is 0 Å². The first-order valence-electron chi connectivity index (χ1n) is 20.4. The fraction of sp³-hybridized carbons (Fsp3) is 0. The summed E-state index contributed by atoms with van der Waals surface area (Å²) in [4.78, 5) is 25.9. The molecule has 0 saturated heterocycles. The summed E-state index contributed by atoms with van der Waals surface area (Å²) in [6.45, 7) is 0. The van der Waals surface area contributed by atoms with Crippen LogP contribution in [0, 0.1) is 0 Å². The van der Waals surface area contributed by atoms with E-state index in [9.17, 15) is 0 Å². The third-order valence-corrected chi connectivity index (χ3v) is 11.6. The molecular formula is C55H34N6. The zero-order valence-electron chi connectivity index (χ0n) is 32.8. The maximum Gasteiger partial charge on any atom is 0.164 e. The largest absolute Gasteiger partial charge is 0.298 e. The van der Waals surface area contributed by atoms with Crippen LogP contribution < -0.4 is 0 Å². The lowest BCUT2D eigenvalue weighted by molar-refractivity contribution is 1.07. The minimum absolute atomic E-state index is 0.608. The minimum Gasteiger partial charge on any atom is -0.298 e. The van der Waals surface area contributed by atoms with Crippen LogP contribution >= 0.6 is 0 Å². The van der Waals surface area contributed by atoms with Crippen LogP contribution in [0.25, 0.3) is 117 Å². The van der Waals surface area contributed by atoms with Crippen LogP contribution in [-0.4, -0.2) is 29.3 Å². The van der Waals surface area contributed by atoms with Gasteiger partial charge in [0.05, 0.1) is 22.6 Å². The highest BCUT2D eigenvalue weighted by Gasteiger charge is 2.22. The van der Waals surface area contributed by atoms with Crippen LogP contribution in [0.5, 0.6) is 0 Å². The van der Waals surface area contributed by atoms with E-state index in [0.29, 0.717) is 17.5 Å². The zero-order valence-corrected chi connectivity index (χ0v) is 32.8. The van der Waals surface area contributed by atoms with Gasteiger partial charge >= 0.3 is 0 Å². The second-order valence-corrected chi connectivity index (χ2v) is 15.3. The normalized spacial score (nSPS) is 11.6. The molecule has 4 aromatic heterocycles. The molecule has 12 aromatic rings. The molecule has 0 aliphatic carbocycles. The molecule has 6 nitrogen and oxygen atoms in total. The van der Waals surface area contributed by atoms with Crippen molar-refractivity contribution in [2.45, 2.75) is 0 Å². The van der Waals surface area contributed by atoms with Gasteiger partial charge in [-0.25, -0.2) is 24.9 Å². The predicted molar refractivity (Wildman–Crippen MR) is 249 cm³/mol. The highest BCUT2D eigenvalue weighted by Crippen LogP contribution is 2.42. The topological polar surface area (TPSA) is 68.9 Å². The minimum atomic E-state index is 0.608. The molecule has 0 bridgehead atoms. The highest BCUT2D eigenvalue weighted by atomic mass is 15.0. The van der Waals surface area contributed by atoms with Gasteiger partial charge < -0.3 is 0 Å². The summed E-state index contributed by atoms with van der Waals surface area (Å²) in [5.74, 6) is 1.87. The molecule has 0 spiro atoms. The van der Waals surface area contributed by atoms with Gasteiger partial charge in [-0.3, -0.25) is 4.40 Å². The Bertz CT molecular complexity index is 3560. The van der Waals surface area contributed by atoms with Crippen LogP contribution in [0.15, 0.2) is 206 Å². The Morgan fingerprint density at radius 3 is 1.49 bits per heavy atom. The van der Waals surface area contributed by atoms with Crippen LogP contribution in [0.4, 0.5) is 0 Å². The molecule has 0 aliphatic rings. The maximum absolute atomic E-state index is 5.59. The van der Waals surface area contributed by atoms with Crippen molar-refractivity contribution in [2.75, 3.05) is 0 Å². The Morgan fingerprint density at radius 2 is 0.836 bits per heavy atom. The summed E-state index contributed by atoms with van der Waals surface area (Å²) in [6.07, 6.45) is 2.16. The lowest BCUT2D eigenvalue weighted by atomic mass is 9.93. The third-order valence-electron chi connectivity index (χ3n) is 11.6. The molecule has 4 heterocycles. The summed E-state index contributed by atoms with van der Waals surface area (Å²) < 4.78 is 2.25. The van der Waals surface area contributed by atoms with Gasteiger partial charge in [0.1, 0.15) is 5.65 Å². The Kier molecular flexibility index (Phi) is 8.06. The summed E-state index contributed by atoms with van der Waals surface area (Å²) in [5, 5.41) is 7.97. The number of nitrogens with zero attached hydrogens (tertiary/aromatic N) is 6. The number of rotatable bonds is 6. The smallest absolute Gasteiger partial charge is 0.164 e. The molecular weight excluding hydrogens is 745 g/mol. The number of benzene rings is 8. The first kappa shape index (κ1) is 34.7. The van der Waals surface area contributed by atoms with E-state index < -0.39 is 0 Å². The van der Waals surface area contributed by atoms with Crippen LogP contribution in [0.3, 0.4) is 0 Å². The van der Waals surface area contributed by atoms with Gasteiger partial charge in [0.15, 0.2) is 17.5 Å². The fourth-order valence-electron chi connectivity index (χ4n) is 8.78. The van der Waals surface area contributed by atoms with Crippen molar-refractivity contribution in [2.24, 2.45) is 0 Å². The molecule has 0 amide bonds. The molecule has 284 valence electrons. The molecule has 61 heavy (non-hydrogen) atoms. The number of hydrogen-bond donors (Lipinski definition) is 0. The average molecular weight is 779 g/mol. The van der Waals surface area contributed by atoms with E-state index in [1.54, 1.807) is 0 Å². The van der Waals surface area contributed by atoms with Crippen LogP contribution in [0.2, 0.25) is 0 Å². The first-order chi connectivity index (χ1) is 30.2. The summed E-state index contributed by atoms with van der Waals surface area (Å²) >= 11 is 0. The Balaban J connectivity index is 1.07. The zero-order chi connectivity index (χ0) is 40.3. The fourth-order valence-corrected chi connectivity index (χ4v) is 8.78. The second-order valence-electron chi connectivity index (χ2n) is 15.3. The second kappa shape index (κ2) is 14.2. The predicted octanol–water partition coefficient (Wildman–Crippen LogP) is 13.5. The van der Waals surface area contributed by atoms with Crippen molar-refractivity contribution < 1.29 is 0 Å². The molecule has 0 saturated carbocycles. The molecule has 0 fully saturated rings. The van der Waals surface area contributed by atoms with E-state index in [1.807, 2.05) is 60.7 Å². The van der Waals surface area contributed by atoms with Gasteiger partial charge in [-0.1, -0.05) is 182 Å². The molecule has 0 aliphatic heterocycles. The molecule has 0 radical (unpaired) electrons. The van der Waals surface area contributed by atoms with Crippen LogP contribution in [0.1, 0.15) is 0 Å². The van der Waals surface area contributed by atoms with E-state index in [4.69, 9.17) is 24.9 Å². The van der Waals surface area contributed by atoms with E-state index >= 15 is 0 Å².